The zero-order valence-corrected chi connectivity index (χ0v) is 18.0. The maximum atomic E-state index is 6.10. The van der Waals surface area contributed by atoms with Gasteiger partial charge in [0.05, 0.1) is 0 Å². The van der Waals surface area contributed by atoms with Gasteiger partial charge in [-0.15, -0.1) is 0 Å². The summed E-state index contributed by atoms with van der Waals surface area (Å²) < 4.78 is 0. The van der Waals surface area contributed by atoms with Gasteiger partial charge in [0, 0.05) is 57.9 Å². The third-order valence-electron chi connectivity index (χ3n) is 5.06. The average molecular weight is 394 g/mol. The summed E-state index contributed by atoms with van der Waals surface area (Å²) in [6.07, 6.45) is 2.35. The van der Waals surface area contributed by atoms with E-state index in [-0.39, 0.29) is 0 Å². The summed E-state index contributed by atoms with van der Waals surface area (Å²) in [7, 11) is 2.08. The number of guanidine groups is 1. The molecule has 0 bridgehead atoms. The first-order valence-electron chi connectivity index (χ1n) is 10.3. The van der Waals surface area contributed by atoms with Gasteiger partial charge in [0.15, 0.2) is 5.96 Å². The van der Waals surface area contributed by atoms with Crippen molar-refractivity contribution in [3.63, 3.8) is 0 Å². The Bertz CT molecular complexity index is 569. The molecule has 0 aromatic heterocycles. The van der Waals surface area contributed by atoms with Crippen LogP contribution in [0, 0.1) is 0 Å². The number of nitrogens with one attached hydrogen (secondary N) is 1. The zero-order chi connectivity index (χ0) is 19.5. The van der Waals surface area contributed by atoms with Crippen molar-refractivity contribution >= 4 is 17.6 Å². The Balaban J connectivity index is 1.72. The van der Waals surface area contributed by atoms with Crippen LogP contribution in [-0.2, 0) is 6.54 Å². The van der Waals surface area contributed by atoms with E-state index >= 15 is 0 Å². The molecule has 1 N–H and O–H groups in total. The quantitative estimate of drug-likeness (QED) is 0.397. The molecule has 0 spiro atoms. The lowest BCUT2D eigenvalue weighted by atomic mass is 10.2. The molecule has 1 aromatic rings. The highest BCUT2D eigenvalue weighted by atomic mass is 35.5. The molecule has 1 fully saturated rings. The Kier molecular flexibility index (Phi) is 9.95. The molecule has 152 valence electrons. The normalized spacial score (nSPS) is 16.5. The highest BCUT2D eigenvalue weighted by Gasteiger charge is 2.14. The fourth-order valence-electron chi connectivity index (χ4n) is 3.42. The third-order valence-corrected chi connectivity index (χ3v) is 5.30. The number of aliphatic imine (C=N–C) groups is 1. The van der Waals surface area contributed by atoms with Crippen molar-refractivity contribution < 1.29 is 0 Å². The smallest absolute Gasteiger partial charge is 0.193 e. The van der Waals surface area contributed by atoms with E-state index in [1.54, 1.807) is 0 Å². The van der Waals surface area contributed by atoms with Gasteiger partial charge in [0.1, 0.15) is 0 Å². The molecule has 0 amide bonds. The lowest BCUT2D eigenvalue weighted by Crippen LogP contribution is -2.46. The second-order valence-corrected chi connectivity index (χ2v) is 7.64. The van der Waals surface area contributed by atoms with Crippen molar-refractivity contribution in [2.24, 2.45) is 4.99 Å². The van der Waals surface area contributed by atoms with Gasteiger partial charge in [-0.1, -0.05) is 30.7 Å². The van der Waals surface area contributed by atoms with Crippen molar-refractivity contribution in [1.82, 2.24) is 20.0 Å². The van der Waals surface area contributed by atoms with Crippen molar-refractivity contribution in [3.05, 3.63) is 34.9 Å². The summed E-state index contributed by atoms with van der Waals surface area (Å²) in [4.78, 5) is 12.1. The lowest BCUT2D eigenvalue weighted by molar-refractivity contribution is 0.136. The summed E-state index contributed by atoms with van der Waals surface area (Å²) in [6.45, 7) is 14.1. The van der Waals surface area contributed by atoms with Gasteiger partial charge >= 0.3 is 0 Å². The Morgan fingerprint density at radius 2 is 1.89 bits per heavy atom. The molecule has 0 unspecified atom stereocenters. The minimum absolute atomic E-state index is 0.780. The predicted molar refractivity (Wildman–Crippen MR) is 117 cm³/mol. The molecular formula is C21H36ClN5. The van der Waals surface area contributed by atoms with E-state index < -0.39 is 0 Å². The average Bonchev–Trinajstić information content (AvgIpc) is 2.67. The van der Waals surface area contributed by atoms with Gasteiger partial charge in [-0.25, -0.2) is 0 Å². The number of nitrogens with zero attached hydrogens (tertiary/aromatic N) is 4. The van der Waals surface area contributed by atoms with Crippen molar-refractivity contribution in [3.8, 4) is 0 Å². The number of hydrogen-bond donors (Lipinski definition) is 1. The largest absolute Gasteiger partial charge is 0.357 e. The number of rotatable bonds is 9. The van der Waals surface area contributed by atoms with Crippen LogP contribution < -0.4 is 5.32 Å². The van der Waals surface area contributed by atoms with E-state index in [0.29, 0.717) is 0 Å². The van der Waals surface area contributed by atoms with Crippen LogP contribution in [0.4, 0.5) is 0 Å². The summed E-state index contributed by atoms with van der Waals surface area (Å²) in [5.41, 5.74) is 1.20. The molecule has 1 saturated heterocycles. The second kappa shape index (κ2) is 12.2. The van der Waals surface area contributed by atoms with Crippen LogP contribution in [-0.4, -0.2) is 80.1 Å². The number of piperazine rings is 1. The molecule has 1 aliphatic rings. The molecule has 0 atom stereocenters. The monoisotopic (exact) mass is 393 g/mol. The fourth-order valence-corrected chi connectivity index (χ4v) is 3.63. The van der Waals surface area contributed by atoms with Crippen LogP contribution in [0.3, 0.4) is 0 Å². The fraction of sp³-hybridized carbons (Fsp3) is 0.667. The number of halogens is 1. The first kappa shape index (κ1) is 22.0. The number of hydrogen-bond acceptors (Lipinski definition) is 3. The maximum Gasteiger partial charge on any atom is 0.193 e. The molecule has 1 aliphatic heterocycles. The molecule has 0 saturated carbocycles. The van der Waals surface area contributed by atoms with E-state index in [0.717, 1.165) is 37.0 Å². The molecule has 0 aliphatic carbocycles. The summed E-state index contributed by atoms with van der Waals surface area (Å²) >= 11 is 6.10. The SMILES string of the molecule is CCNC(=NCCCCN1CCN(CC)CC1)N(C)Cc1cccc(Cl)c1. The van der Waals surface area contributed by atoms with Gasteiger partial charge in [-0.05, 0) is 50.6 Å². The highest BCUT2D eigenvalue weighted by Crippen LogP contribution is 2.12. The minimum Gasteiger partial charge on any atom is -0.357 e. The number of likely N-dealkylation sites (N-methyl/N-ethyl adjacent to an activating group) is 1. The van der Waals surface area contributed by atoms with Crippen LogP contribution in [0.5, 0.6) is 0 Å². The topological polar surface area (TPSA) is 34.1 Å². The van der Waals surface area contributed by atoms with Crippen LogP contribution in [0.15, 0.2) is 29.3 Å². The van der Waals surface area contributed by atoms with Crippen LogP contribution in [0.1, 0.15) is 32.3 Å². The van der Waals surface area contributed by atoms with Crippen molar-refractivity contribution in [2.45, 2.75) is 33.2 Å². The van der Waals surface area contributed by atoms with E-state index in [2.05, 4.69) is 47.0 Å². The Morgan fingerprint density at radius 1 is 1.15 bits per heavy atom. The van der Waals surface area contributed by atoms with Crippen molar-refractivity contribution in [2.75, 3.05) is 59.4 Å². The molecule has 1 aromatic carbocycles. The van der Waals surface area contributed by atoms with Gasteiger partial charge in [-0.2, -0.15) is 0 Å². The van der Waals surface area contributed by atoms with E-state index in [1.807, 2.05) is 18.2 Å². The third kappa shape index (κ3) is 8.08. The van der Waals surface area contributed by atoms with E-state index in [4.69, 9.17) is 16.6 Å². The first-order chi connectivity index (χ1) is 13.1. The zero-order valence-electron chi connectivity index (χ0n) is 17.3. The van der Waals surface area contributed by atoms with Crippen LogP contribution >= 0.6 is 11.6 Å². The number of benzene rings is 1. The molecule has 1 heterocycles. The molecule has 2 rings (SSSR count). The Labute approximate surface area is 170 Å². The molecule has 5 nitrogen and oxygen atoms in total. The first-order valence-corrected chi connectivity index (χ1v) is 10.7. The maximum absolute atomic E-state index is 6.10. The molecule has 6 heteroatoms. The molecule has 0 radical (unpaired) electrons. The van der Waals surface area contributed by atoms with E-state index in [9.17, 15) is 0 Å². The number of unbranched alkanes of at least 4 members (excludes halogenated alkanes) is 1. The summed E-state index contributed by atoms with van der Waals surface area (Å²) in [5.74, 6) is 0.967. The standard InChI is InChI=1S/C21H36ClN5/c1-4-23-21(25(3)18-19-9-8-10-20(22)17-19)24-11-6-7-12-27-15-13-26(5-2)14-16-27/h8-10,17H,4-7,11-16,18H2,1-3H3,(H,23,24). The molecule has 27 heavy (non-hydrogen) atoms. The molecular weight excluding hydrogens is 358 g/mol. The minimum atomic E-state index is 0.780. The van der Waals surface area contributed by atoms with Gasteiger partial charge in [0.25, 0.3) is 0 Å². The van der Waals surface area contributed by atoms with Gasteiger partial charge in [-0.3, -0.25) is 4.99 Å². The van der Waals surface area contributed by atoms with Crippen molar-refractivity contribution in [1.29, 1.82) is 0 Å². The van der Waals surface area contributed by atoms with E-state index in [1.165, 1.54) is 51.3 Å². The second-order valence-electron chi connectivity index (χ2n) is 7.20. The summed E-state index contributed by atoms with van der Waals surface area (Å²) in [5, 5.41) is 4.18. The van der Waals surface area contributed by atoms with Gasteiger partial charge in [0.2, 0.25) is 0 Å². The Hall–Kier alpha value is -1.30. The predicted octanol–water partition coefficient (Wildman–Crippen LogP) is 3.16. The van der Waals surface area contributed by atoms with Crippen LogP contribution in [0.25, 0.3) is 0 Å². The Morgan fingerprint density at radius 3 is 2.56 bits per heavy atom. The lowest BCUT2D eigenvalue weighted by Gasteiger charge is -2.33. The highest BCUT2D eigenvalue weighted by molar-refractivity contribution is 6.30. The van der Waals surface area contributed by atoms with Gasteiger partial charge < -0.3 is 20.0 Å². The van der Waals surface area contributed by atoms with Crippen LogP contribution in [0.2, 0.25) is 5.02 Å². The summed E-state index contributed by atoms with van der Waals surface area (Å²) in [6, 6.07) is 8.02.